The Kier molecular flexibility index (Phi) is 6.59. The van der Waals surface area contributed by atoms with Gasteiger partial charge >= 0.3 is 0 Å². The minimum Gasteiger partial charge on any atom is -0.383 e. The second-order valence-corrected chi connectivity index (χ2v) is 3.07. The number of nitrogens with one attached hydrogen (secondary N) is 2. The number of rotatable bonds is 6. The van der Waals surface area contributed by atoms with Crippen LogP contribution in [-0.4, -0.2) is 57.1 Å². The van der Waals surface area contributed by atoms with Crippen molar-refractivity contribution >= 4 is 11.8 Å². The van der Waals surface area contributed by atoms with Crippen LogP contribution in [-0.2, 0) is 14.3 Å². The lowest BCUT2D eigenvalue weighted by atomic mass is 10.2. The zero-order chi connectivity index (χ0) is 11.8. The van der Waals surface area contributed by atoms with Crippen molar-refractivity contribution in [2.24, 2.45) is 5.84 Å². The van der Waals surface area contributed by atoms with Crippen molar-refractivity contribution in [3.05, 3.63) is 0 Å². The van der Waals surface area contributed by atoms with E-state index in [1.54, 1.807) is 11.9 Å². The first-order valence-electron chi connectivity index (χ1n) is 4.47. The van der Waals surface area contributed by atoms with Gasteiger partial charge in [0.25, 0.3) is 5.91 Å². The van der Waals surface area contributed by atoms with Gasteiger partial charge < -0.3 is 10.1 Å². The number of hydrazine groups is 1. The average Bonchev–Trinajstić information content (AvgIpc) is 2.24. The highest BCUT2D eigenvalue weighted by Gasteiger charge is 2.23. The van der Waals surface area contributed by atoms with E-state index in [1.165, 1.54) is 14.2 Å². The predicted octanol–water partition coefficient (Wildman–Crippen LogP) is -2.33. The Morgan fingerprint density at radius 1 is 1.53 bits per heavy atom. The number of nitrogens with two attached hydrogens (primary N) is 1. The molecule has 0 radical (unpaired) electrons. The Morgan fingerprint density at radius 2 is 2.13 bits per heavy atom. The van der Waals surface area contributed by atoms with Crippen LogP contribution in [0.15, 0.2) is 0 Å². The van der Waals surface area contributed by atoms with Crippen molar-refractivity contribution < 1.29 is 14.3 Å². The number of amides is 2. The molecule has 1 atom stereocenters. The van der Waals surface area contributed by atoms with Crippen LogP contribution in [0.3, 0.4) is 0 Å². The summed E-state index contributed by atoms with van der Waals surface area (Å²) in [6.07, 6.45) is 0. The number of hydrogen-bond donors (Lipinski definition) is 3. The Labute approximate surface area is 88.9 Å². The molecule has 0 aromatic heterocycles. The highest BCUT2D eigenvalue weighted by Crippen LogP contribution is 1.96. The van der Waals surface area contributed by atoms with Gasteiger partial charge in [-0.15, -0.1) is 0 Å². The first-order chi connectivity index (χ1) is 7.06. The lowest BCUT2D eigenvalue weighted by Gasteiger charge is -2.24. The minimum absolute atomic E-state index is 0.109. The van der Waals surface area contributed by atoms with Gasteiger partial charge in [-0.3, -0.25) is 19.9 Å². The summed E-state index contributed by atoms with van der Waals surface area (Å²) in [5.74, 6) is 4.46. The van der Waals surface area contributed by atoms with E-state index in [2.05, 4.69) is 5.32 Å². The molecule has 15 heavy (non-hydrogen) atoms. The fourth-order valence-electron chi connectivity index (χ4n) is 1.07. The van der Waals surface area contributed by atoms with Gasteiger partial charge in [0.05, 0.1) is 13.2 Å². The molecule has 0 rings (SSSR count). The second-order valence-electron chi connectivity index (χ2n) is 3.07. The van der Waals surface area contributed by atoms with E-state index in [0.717, 1.165) is 0 Å². The van der Waals surface area contributed by atoms with Gasteiger partial charge in [0.2, 0.25) is 5.91 Å². The third-order valence-electron chi connectivity index (χ3n) is 1.97. The molecule has 7 nitrogen and oxygen atoms in total. The Morgan fingerprint density at radius 3 is 2.53 bits per heavy atom. The molecule has 0 heterocycles. The third-order valence-corrected chi connectivity index (χ3v) is 1.97. The Bertz CT molecular complexity index is 222. The number of methoxy groups -OCH3 is 1. The summed E-state index contributed by atoms with van der Waals surface area (Å²) in [7, 11) is 4.66. The molecular weight excluding hydrogens is 200 g/mol. The molecule has 0 aliphatic heterocycles. The van der Waals surface area contributed by atoms with Crippen LogP contribution in [0.2, 0.25) is 0 Å². The van der Waals surface area contributed by atoms with Crippen molar-refractivity contribution in [3.8, 4) is 0 Å². The van der Waals surface area contributed by atoms with Gasteiger partial charge in [-0.2, -0.15) is 0 Å². The fourth-order valence-corrected chi connectivity index (χ4v) is 1.07. The minimum atomic E-state index is -0.572. The van der Waals surface area contributed by atoms with Crippen molar-refractivity contribution in [2.45, 2.75) is 6.04 Å². The quantitative estimate of drug-likeness (QED) is 0.264. The summed E-state index contributed by atoms with van der Waals surface area (Å²) < 4.78 is 4.87. The molecule has 0 saturated carbocycles. The molecule has 0 aliphatic rings. The third kappa shape index (κ3) is 4.73. The van der Waals surface area contributed by atoms with Crippen molar-refractivity contribution in [1.82, 2.24) is 15.6 Å². The first kappa shape index (κ1) is 13.8. The van der Waals surface area contributed by atoms with E-state index in [0.29, 0.717) is 0 Å². The van der Waals surface area contributed by atoms with Crippen LogP contribution in [0.25, 0.3) is 0 Å². The summed E-state index contributed by atoms with van der Waals surface area (Å²) in [5, 5.41) is 2.47. The molecule has 0 aromatic rings. The molecule has 0 spiro atoms. The second kappa shape index (κ2) is 7.16. The summed E-state index contributed by atoms with van der Waals surface area (Å²) in [4.78, 5) is 24.0. The monoisotopic (exact) mass is 218 g/mol. The molecule has 1 unspecified atom stereocenters. The van der Waals surface area contributed by atoms with Crippen LogP contribution >= 0.6 is 0 Å². The molecule has 0 saturated heterocycles. The smallest absolute Gasteiger partial charge is 0.253 e. The van der Waals surface area contributed by atoms with Crippen molar-refractivity contribution in [1.29, 1.82) is 0 Å². The van der Waals surface area contributed by atoms with Gasteiger partial charge in [0, 0.05) is 14.2 Å². The van der Waals surface area contributed by atoms with E-state index in [4.69, 9.17) is 10.6 Å². The van der Waals surface area contributed by atoms with Crippen LogP contribution in [0.1, 0.15) is 0 Å². The molecule has 7 heteroatoms. The van der Waals surface area contributed by atoms with E-state index >= 15 is 0 Å². The summed E-state index contributed by atoms with van der Waals surface area (Å²) >= 11 is 0. The maximum atomic E-state index is 11.3. The van der Waals surface area contributed by atoms with E-state index in [1.807, 2.05) is 5.43 Å². The summed E-state index contributed by atoms with van der Waals surface area (Å²) in [6.45, 7) is 0.286. The SMILES string of the molecule is CNC(=O)CN(C)C(COC)C(=O)NN. The standard InChI is InChI=1S/C8H18N4O3/c1-10-7(13)4-12(2)6(5-15-3)8(14)11-9/h6H,4-5,9H2,1-3H3,(H,10,13)(H,11,14). The predicted molar refractivity (Wildman–Crippen MR) is 54.7 cm³/mol. The van der Waals surface area contributed by atoms with E-state index in [9.17, 15) is 9.59 Å². The Balaban J connectivity index is 4.34. The molecular formula is C8H18N4O3. The molecule has 0 fully saturated rings. The first-order valence-corrected chi connectivity index (χ1v) is 4.47. The summed E-state index contributed by atoms with van der Waals surface area (Å²) in [6, 6.07) is -0.572. The topological polar surface area (TPSA) is 96.7 Å². The van der Waals surface area contributed by atoms with Crippen molar-refractivity contribution in [2.75, 3.05) is 34.4 Å². The molecule has 0 bridgehead atoms. The highest BCUT2D eigenvalue weighted by molar-refractivity contribution is 5.83. The molecule has 88 valence electrons. The van der Waals surface area contributed by atoms with E-state index in [-0.39, 0.29) is 25.0 Å². The van der Waals surface area contributed by atoms with Crippen LogP contribution in [0.5, 0.6) is 0 Å². The highest BCUT2D eigenvalue weighted by atomic mass is 16.5. The lowest BCUT2D eigenvalue weighted by Crippen LogP contribution is -2.52. The number of carbonyl (C=O) groups excluding carboxylic acids is 2. The lowest BCUT2D eigenvalue weighted by molar-refractivity contribution is -0.129. The molecule has 2 amide bonds. The molecule has 4 N–H and O–H groups in total. The number of likely N-dealkylation sites (N-methyl/N-ethyl adjacent to an activating group) is 2. The van der Waals surface area contributed by atoms with E-state index < -0.39 is 6.04 Å². The van der Waals surface area contributed by atoms with Gasteiger partial charge in [0.1, 0.15) is 6.04 Å². The average molecular weight is 218 g/mol. The number of nitrogens with zero attached hydrogens (tertiary/aromatic N) is 1. The zero-order valence-electron chi connectivity index (χ0n) is 9.24. The normalized spacial score (nSPS) is 12.3. The number of carbonyl (C=O) groups is 2. The maximum absolute atomic E-state index is 11.3. The van der Waals surface area contributed by atoms with Crippen LogP contribution in [0.4, 0.5) is 0 Å². The van der Waals surface area contributed by atoms with Crippen LogP contribution < -0.4 is 16.6 Å². The van der Waals surface area contributed by atoms with Gasteiger partial charge in [-0.25, -0.2) is 5.84 Å². The largest absolute Gasteiger partial charge is 0.383 e. The number of hydrogen-bond acceptors (Lipinski definition) is 5. The summed E-state index contributed by atoms with van der Waals surface area (Å²) in [5.41, 5.74) is 2.03. The number of ether oxygens (including phenoxy) is 1. The molecule has 0 aromatic carbocycles. The van der Waals surface area contributed by atoms with Crippen LogP contribution in [0, 0.1) is 0 Å². The fraction of sp³-hybridized carbons (Fsp3) is 0.750. The van der Waals surface area contributed by atoms with Crippen molar-refractivity contribution in [3.63, 3.8) is 0 Å². The Hall–Kier alpha value is -1.18. The van der Waals surface area contributed by atoms with Gasteiger partial charge in [-0.1, -0.05) is 0 Å². The molecule has 0 aliphatic carbocycles. The zero-order valence-corrected chi connectivity index (χ0v) is 9.24. The van der Waals surface area contributed by atoms with Gasteiger partial charge in [0.15, 0.2) is 0 Å². The van der Waals surface area contributed by atoms with Gasteiger partial charge in [-0.05, 0) is 7.05 Å². The maximum Gasteiger partial charge on any atom is 0.253 e.